The van der Waals surface area contributed by atoms with Gasteiger partial charge < -0.3 is 10.6 Å². The summed E-state index contributed by atoms with van der Waals surface area (Å²) in [5.41, 5.74) is 5.75. The Morgan fingerprint density at radius 3 is 2.25 bits per heavy atom. The lowest BCUT2D eigenvalue weighted by Crippen LogP contribution is -2.48. The minimum atomic E-state index is -0.0884. The van der Waals surface area contributed by atoms with E-state index < -0.39 is 0 Å². The lowest BCUT2D eigenvalue weighted by Gasteiger charge is -2.38. The van der Waals surface area contributed by atoms with Gasteiger partial charge in [-0.3, -0.25) is 4.79 Å². The van der Waals surface area contributed by atoms with E-state index in [0.29, 0.717) is 18.4 Å². The number of carbonyl (C=O) groups is 1. The summed E-state index contributed by atoms with van der Waals surface area (Å²) < 4.78 is 0. The molecular formula is C17H34N2O. The van der Waals surface area contributed by atoms with Gasteiger partial charge in [-0.25, -0.2) is 0 Å². The number of nitrogens with zero attached hydrogens (tertiary/aromatic N) is 1. The van der Waals surface area contributed by atoms with Crippen LogP contribution in [-0.2, 0) is 4.79 Å². The SMILES string of the molecule is CCN(CC(C)(C)CN)C(=O)C1(CC(C)C)CCCC1. The molecule has 0 spiro atoms. The molecule has 0 aromatic carbocycles. The van der Waals surface area contributed by atoms with E-state index in [2.05, 4.69) is 39.5 Å². The van der Waals surface area contributed by atoms with E-state index >= 15 is 0 Å². The molecule has 0 atom stereocenters. The van der Waals surface area contributed by atoms with Gasteiger partial charge in [0.25, 0.3) is 0 Å². The maximum absolute atomic E-state index is 13.1. The summed E-state index contributed by atoms with van der Waals surface area (Å²) in [6, 6.07) is 0. The fraction of sp³-hybridized carbons (Fsp3) is 0.941. The van der Waals surface area contributed by atoms with Crippen LogP contribution < -0.4 is 5.73 Å². The van der Waals surface area contributed by atoms with Gasteiger partial charge in [-0.1, -0.05) is 40.5 Å². The Balaban J connectivity index is 2.86. The third-order valence-electron chi connectivity index (χ3n) is 4.65. The predicted octanol–water partition coefficient (Wildman–Crippen LogP) is 3.43. The number of rotatable bonds is 7. The third kappa shape index (κ3) is 4.21. The van der Waals surface area contributed by atoms with Crippen molar-refractivity contribution in [3.05, 3.63) is 0 Å². The summed E-state index contributed by atoms with van der Waals surface area (Å²) >= 11 is 0. The molecule has 1 rings (SSSR count). The van der Waals surface area contributed by atoms with Crippen LogP contribution in [0, 0.1) is 16.7 Å². The van der Waals surface area contributed by atoms with Crippen molar-refractivity contribution in [3.63, 3.8) is 0 Å². The molecule has 1 amide bonds. The van der Waals surface area contributed by atoms with Crippen molar-refractivity contribution in [2.24, 2.45) is 22.5 Å². The second kappa shape index (κ2) is 6.93. The number of hydrogen-bond acceptors (Lipinski definition) is 2. The van der Waals surface area contributed by atoms with E-state index in [1.54, 1.807) is 0 Å². The smallest absolute Gasteiger partial charge is 0.228 e. The van der Waals surface area contributed by atoms with E-state index in [1.807, 2.05) is 0 Å². The van der Waals surface area contributed by atoms with Crippen LogP contribution in [0.4, 0.5) is 0 Å². The normalized spacial score (nSPS) is 18.6. The van der Waals surface area contributed by atoms with Crippen molar-refractivity contribution in [3.8, 4) is 0 Å². The first kappa shape index (κ1) is 17.5. The van der Waals surface area contributed by atoms with Gasteiger partial charge in [0.15, 0.2) is 0 Å². The fourth-order valence-electron chi connectivity index (χ4n) is 3.58. The number of amides is 1. The highest BCUT2D eigenvalue weighted by molar-refractivity contribution is 5.83. The van der Waals surface area contributed by atoms with Gasteiger partial charge in [0.2, 0.25) is 5.91 Å². The van der Waals surface area contributed by atoms with Gasteiger partial charge in [0.1, 0.15) is 0 Å². The molecule has 0 aromatic rings. The summed E-state index contributed by atoms with van der Waals surface area (Å²) in [4.78, 5) is 15.2. The van der Waals surface area contributed by atoms with Gasteiger partial charge in [0.05, 0.1) is 0 Å². The molecule has 0 bridgehead atoms. The molecule has 1 saturated carbocycles. The molecule has 0 radical (unpaired) electrons. The lowest BCUT2D eigenvalue weighted by molar-refractivity contribution is -0.144. The first-order valence-corrected chi connectivity index (χ1v) is 8.26. The number of carbonyl (C=O) groups excluding carboxylic acids is 1. The largest absolute Gasteiger partial charge is 0.342 e. The average Bonchev–Trinajstić information content (AvgIpc) is 2.84. The monoisotopic (exact) mass is 282 g/mol. The molecule has 2 N–H and O–H groups in total. The summed E-state index contributed by atoms with van der Waals surface area (Å²) in [5, 5.41) is 0. The Morgan fingerprint density at radius 1 is 1.30 bits per heavy atom. The summed E-state index contributed by atoms with van der Waals surface area (Å²) in [6.07, 6.45) is 5.59. The van der Waals surface area contributed by atoms with Crippen molar-refractivity contribution in [2.45, 2.75) is 66.7 Å². The number of nitrogens with two attached hydrogens (primary N) is 1. The van der Waals surface area contributed by atoms with Crippen LogP contribution >= 0.6 is 0 Å². The maximum atomic E-state index is 13.1. The Kier molecular flexibility index (Phi) is 6.06. The second-order valence-corrected chi connectivity index (χ2v) is 7.77. The van der Waals surface area contributed by atoms with E-state index in [1.165, 1.54) is 12.8 Å². The van der Waals surface area contributed by atoms with Gasteiger partial charge in [0, 0.05) is 18.5 Å². The topological polar surface area (TPSA) is 46.3 Å². The summed E-state index contributed by atoms with van der Waals surface area (Å²) in [7, 11) is 0. The van der Waals surface area contributed by atoms with Gasteiger partial charge in [-0.05, 0) is 44.1 Å². The third-order valence-corrected chi connectivity index (χ3v) is 4.65. The van der Waals surface area contributed by atoms with Crippen LogP contribution in [0.1, 0.15) is 66.7 Å². The van der Waals surface area contributed by atoms with Crippen LogP contribution in [0.3, 0.4) is 0 Å². The average molecular weight is 282 g/mol. The van der Waals surface area contributed by atoms with Crippen LogP contribution in [0.2, 0.25) is 0 Å². The first-order valence-electron chi connectivity index (χ1n) is 8.26. The Bertz CT molecular complexity index is 317. The van der Waals surface area contributed by atoms with Gasteiger partial charge >= 0.3 is 0 Å². The molecule has 0 unspecified atom stereocenters. The molecule has 0 aromatic heterocycles. The molecule has 0 saturated heterocycles. The summed E-state index contributed by atoms with van der Waals surface area (Å²) in [5.74, 6) is 0.964. The van der Waals surface area contributed by atoms with E-state index in [0.717, 1.165) is 32.4 Å². The highest BCUT2D eigenvalue weighted by Gasteiger charge is 2.43. The summed E-state index contributed by atoms with van der Waals surface area (Å²) in [6.45, 7) is 13.0. The molecule has 3 heteroatoms. The van der Waals surface area contributed by atoms with Crippen LogP contribution in [0.15, 0.2) is 0 Å². The standard InChI is InChI=1S/C17H34N2O/c1-6-19(13-16(4,5)12-18)15(20)17(11-14(2)3)9-7-8-10-17/h14H,6-13,18H2,1-5H3. The molecule has 1 fully saturated rings. The minimum absolute atomic E-state index is 0.00327. The van der Waals surface area contributed by atoms with Crippen molar-refractivity contribution in [1.82, 2.24) is 4.90 Å². The second-order valence-electron chi connectivity index (χ2n) is 7.77. The zero-order valence-electron chi connectivity index (χ0n) is 14.2. The molecule has 0 heterocycles. The quantitative estimate of drug-likeness (QED) is 0.777. The van der Waals surface area contributed by atoms with Crippen LogP contribution in [0.5, 0.6) is 0 Å². The predicted molar refractivity (Wildman–Crippen MR) is 85.4 cm³/mol. The maximum Gasteiger partial charge on any atom is 0.228 e. The highest BCUT2D eigenvalue weighted by atomic mass is 16.2. The van der Waals surface area contributed by atoms with Gasteiger partial charge in [-0.15, -0.1) is 0 Å². The zero-order chi connectivity index (χ0) is 15.4. The van der Waals surface area contributed by atoms with E-state index in [4.69, 9.17) is 5.73 Å². The van der Waals surface area contributed by atoms with E-state index in [-0.39, 0.29) is 10.8 Å². The number of hydrogen-bond donors (Lipinski definition) is 1. The molecule has 20 heavy (non-hydrogen) atoms. The molecule has 0 aliphatic heterocycles. The molecule has 1 aliphatic carbocycles. The van der Waals surface area contributed by atoms with Crippen LogP contribution in [-0.4, -0.2) is 30.4 Å². The molecular weight excluding hydrogens is 248 g/mol. The fourth-order valence-corrected chi connectivity index (χ4v) is 3.58. The van der Waals surface area contributed by atoms with E-state index in [9.17, 15) is 4.79 Å². The van der Waals surface area contributed by atoms with Gasteiger partial charge in [-0.2, -0.15) is 0 Å². The highest BCUT2D eigenvalue weighted by Crippen LogP contribution is 2.44. The Morgan fingerprint density at radius 2 is 1.85 bits per heavy atom. The van der Waals surface area contributed by atoms with Crippen LogP contribution in [0.25, 0.3) is 0 Å². The lowest BCUT2D eigenvalue weighted by atomic mass is 9.77. The first-order chi connectivity index (χ1) is 9.26. The minimum Gasteiger partial charge on any atom is -0.342 e. The Hall–Kier alpha value is -0.570. The molecule has 118 valence electrons. The van der Waals surface area contributed by atoms with Crippen molar-refractivity contribution in [2.75, 3.05) is 19.6 Å². The van der Waals surface area contributed by atoms with Crippen molar-refractivity contribution >= 4 is 5.91 Å². The van der Waals surface area contributed by atoms with Crippen molar-refractivity contribution < 1.29 is 4.79 Å². The molecule has 3 nitrogen and oxygen atoms in total. The van der Waals surface area contributed by atoms with Crippen molar-refractivity contribution in [1.29, 1.82) is 0 Å². The molecule has 1 aliphatic rings. The zero-order valence-corrected chi connectivity index (χ0v) is 14.2. The Labute approximate surface area is 125 Å².